The number of hydrogen-bond acceptors (Lipinski definition) is 4. The summed E-state index contributed by atoms with van der Waals surface area (Å²) in [6.07, 6.45) is 5.14. The third-order valence-corrected chi connectivity index (χ3v) is 4.21. The Hall–Kier alpha value is -1.16. The van der Waals surface area contributed by atoms with E-state index in [0.29, 0.717) is 5.41 Å². The van der Waals surface area contributed by atoms with E-state index in [0.717, 1.165) is 37.1 Å². The van der Waals surface area contributed by atoms with Gasteiger partial charge in [0.25, 0.3) is 0 Å². The molecule has 1 N–H and O–H groups in total. The zero-order valence-electron chi connectivity index (χ0n) is 14.4. The van der Waals surface area contributed by atoms with Gasteiger partial charge in [-0.05, 0) is 38.5 Å². The summed E-state index contributed by atoms with van der Waals surface area (Å²) in [7, 11) is 0. The number of aromatic nitrogens is 2. The lowest BCUT2D eigenvalue weighted by atomic mass is 9.80. The molecule has 118 valence electrons. The van der Waals surface area contributed by atoms with E-state index < -0.39 is 0 Å². The molecule has 2 rings (SSSR count). The summed E-state index contributed by atoms with van der Waals surface area (Å²) in [5.41, 5.74) is 1.62. The summed E-state index contributed by atoms with van der Waals surface area (Å²) >= 11 is 0. The molecule has 1 aliphatic rings. The first-order chi connectivity index (χ1) is 9.65. The molecule has 1 fully saturated rings. The zero-order chi connectivity index (χ0) is 15.7. The van der Waals surface area contributed by atoms with Gasteiger partial charge in [-0.25, -0.2) is 9.97 Å². The smallest absolute Gasteiger partial charge is 0.225 e. The first-order valence-electron chi connectivity index (χ1n) is 7.96. The molecule has 1 unspecified atom stereocenters. The maximum Gasteiger partial charge on any atom is 0.225 e. The lowest BCUT2D eigenvalue weighted by molar-refractivity contribution is 0.263. The molecule has 1 atom stereocenters. The van der Waals surface area contributed by atoms with E-state index in [1.54, 1.807) is 0 Å². The normalized spacial score (nSPS) is 20.1. The molecule has 0 spiro atoms. The first kappa shape index (κ1) is 16.2. The standard InChI is InChI=1S/C17H30N4/c1-16(2,3)14-7-8-21(12-14)15-18-9-13(10-19-15)11-20-17(4,5)6/h9-10,14,20H,7-8,11-12H2,1-6H3. The van der Waals surface area contributed by atoms with Gasteiger partial charge in [0, 0.05) is 43.1 Å². The third kappa shape index (κ3) is 4.67. The second-order valence-electron chi connectivity index (χ2n) is 8.29. The van der Waals surface area contributed by atoms with Crippen LogP contribution in [0.15, 0.2) is 12.4 Å². The van der Waals surface area contributed by atoms with Crippen molar-refractivity contribution in [2.24, 2.45) is 11.3 Å². The van der Waals surface area contributed by atoms with Crippen LogP contribution >= 0.6 is 0 Å². The van der Waals surface area contributed by atoms with E-state index in [4.69, 9.17) is 0 Å². The van der Waals surface area contributed by atoms with Gasteiger partial charge in [-0.2, -0.15) is 0 Å². The largest absolute Gasteiger partial charge is 0.341 e. The minimum absolute atomic E-state index is 0.119. The van der Waals surface area contributed by atoms with Crippen molar-refractivity contribution >= 4 is 5.95 Å². The minimum atomic E-state index is 0.119. The third-order valence-electron chi connectivity index (χ3n) is 4.21. The van der Waals surface area contributed by atoms with Crippen molar-refractivity contribution in [3.8, 4) is 0 Å². The summed E-state index contributed by atoms with van der Waals surface area (Å²) in [6.45, 7) is 16.4. The molecule has 4 heteroatoms. The van der Waals surface area contributed by atoms with Crippen LogP contribution in [0.2, 0.25) is 0 Å². The molecule has 21 heavy (non-hydrogen) atoms. The summed E-state index contributed by atoms with van der Waals surface area (Å²) in [5.74, 6) is 1.60. The van der Waals surface area contributed by atoms with Gasteiger partial charge >= 0.3 is 0 Å². The van der Waals surface area contributed by atoms with Crippen LogP contribution in [-0.2, 0) is 6.54 Å². The summed E-state index contributed by atoms with van der Waals surface area (Å²) in [5, 5.41) is 3.46. The van der Waals surface area contributed by atoms with Gasteiger partial charge in [-0.15, -0.1) is 0 Å². The highest BCUT2D eigenvalue weighted by Gasteiger charge is 2.32. The zero-order valence-corrected chi connectivity index (χ0v) is 14.4. The maximum atomic E-state index is 4.55. The van der Waals surface area contributed by atoms with Crippen LogP contribution in [0.3, 0.4) is 0 Å². The first-order valence-corrected chi connectivity index (χ1v) is 7.96. The van der Waals surface area contributed by atoms with E-state index in [-0.39, 0.29) is 5.54 Å². The van der Waals surface area contributed by atoms with E-state index in [1.165, 1.54) is 6.42 Å². The van der Waals surface area contributed by atoms with Crippen LogP contribution in [0.5, 0.6) is 0 Å². The predicted molar refractivity (Wildman–Crippen MR) is 88.4 cm³/mol. The maximum absolute atomic E-state index is 4.55. The van der Waals surface area contributed by atoms with Crippen molar-refractivity contribution in [3.05, 3.63) is 18.0 Å². The average Bonchev–Trinajstić information content (AvgIpc) is 2.85. The van der Waals surface area contributed by atoms with Crippen molar-refractivity contribution in [2.45, 2.75) is 60.0 Å². The van der Waals surface area contributed by atoms with Crippen molar-refractivity contribution < 1.29 is 0 Å². The topological polar surface area (TPSA) is 41.1 Å². The molecule has 0 aliphatic carbocycles. The Morgan fingerprint density at radius 1 is 1.14 bits per heavy atom. The molecule has 1 aliphatic heterocycles. The molecule has 4 nitrogen and oxygen atoms in total. The quantitative estimate of drug-likeness (QED) is 0.928. The van der Waals surface area contributed by atoms with Crippen molar-refractivity contribution in [2.75, 3.05) is 18.0 Å². The number of rotatable bonds is 3. The Balaban J connectivity index is 1.94. The van der Waals surface area contributed by atoms with E-state index in [9.17, 15) is 0 Å². The second-order valence-corrected chi connectivity index (χ2v) is 8.29. The highest BCUT2D eigenvalue weighted by molar-refractivity contribution is 5.32. The predicted octanol–water partition coefficient (Wildman–Crippen LogP) is 3.24. The van der Waals surface area contributed by atoms with Crippen LogP contribution in [0.4, 0.5) is 5.95 Å². The Kier molecular flexibility index (Phi) is 4.57. The van der Waals surface area contributed by atoms with Crippen molar-refractivity contribution in [1.82, 2.24) is 15.3 Å². The van der Waals surface area contributed by atoms with Crippen LogP contribution in [0.25, 0.3) is 0 Å². The molecule has 1 aromatic rings. The fourth-order valence-corrected chi connectivity index (χ4v) is 2.62. The Bertz CT molecular complexity index is 453. The number of anilines is 1. The number of nitrogens with one attached hydrogen (secondary N) is 1. The van der Waals surface area contributed by atoms with Crippen LogP contribution < -0.4 is 10.2 Å². The number of hydrogen-bond donors (Lipinski definition) is 1. The lowest BCUT2D eigenvalue weighted by Crippen LogP contribution is -2.35. The fraction of sp³-hybridized carbons (Fsp3) is 0.765. The van der Waals surface area contributed by atoms with E-state index in [1.807, 2.05) is 12.4 Å². The van der Waals surface area contributed by atoms with Crippen LogP contribution in [0, 0.1) is 11.3 Å². The van der Waals surface area contributed by atoms with Gasteiger partial charge in [0.05, 0.1) is 0 Å². The molecule has 2 heterocycles. The SMILES string of the molecule is CC(C)(C)NCc1cnc(N2CCC(C(C)(C)C)C2)nc1. The molecular formula is C17H30N4. The van der Waals surface area contributed by atoms with Gasteiger partial charge in [-0.3, -0.25) is 0 Å². The number of nitrogens with zero attached hydrogens (tertiary/aromatic N) is 3. The Morgan fingerprint density at radius 3 is 2.24 bits per heavy atom. The van der Waals surface area contributed by atoms with Crippen molar-refractivity contribution in [1.29, 1.82) is 0 Å². The summed E-state index contributed by atoms with van der Waals surface area (Å²) < 4.78 is 0. The van der Waals surface area contributed by atoms with Gasteiger partial charge in [0.1, 0.15) is 0 Å². The highest BCUT2D eigenvalue weighted by atomic mass is 15.3. The Labute approximate surface area is 129 Å². The molecule has 0 radical (unpaired) electrons. The van der Waals surface area contributed by atoms with E-state index >= 15 is 0 Å². The summed E-state index contributed by atoms with van der Waals surface area (Å²) in [6, 6.07) is 0. The molecule has 1 saturated heterocycles. The van der Waals surface area contributed by atoms with Gasteiger partial charge in [0.2, 0.25) is 5.95 Å². The monoisotopic (exact) mass is 290 g/mol. The molecule has 0 bridgehead atoms. The average molecular weight is 290 g/mol. The van der Waals surface area contributed by atoms with Gasteiger partial charge in [-0.1, -0.05) is 20.8 Å². The minimum Gasteiger partial charge on any atom is -0.341 e. The molecule has 0 amide bonds. The molecular weight excluding hydrogens is 260 g/mol. The molecule has 1 aromatic heterocycles. The summed E-state index contributed by atoms with van der Waals surface area (Å²) in [4.78, 5) is 11.4. The van der Waals surface area contributed by atoms with Crippen LogP contribution in [-0.4, -0.2) is 28.6 Å². The van der Waals surface area contributed by atoms with Crippen LogP contribution in [0.1, 0.15) is 53.5 Å². The molecule has 0 saturated carbocycles. The second kappa shape index (κ2) is 5.91. The Morgan fingerprint density at radius 2 is 1.76 bits per heavy atom. The van der Waals surface area contributed by atoms with E-state index in [2.05, 4.69) is 61.7 Å². The van der Waals surface area contributed by atoms with Gasteiger partial charge < -0.3 is 10.2 Å². The highest BCUT2D eigenvalue weighted by Crippen LogP contribution is 2.34. The fourth-order valence-electron chi connectivity index (χ4n) is 2.62. The molecule has 0 aromatic carbocycles. The lowest BCUT2D eigenvalue weighted by Gasteiger charge is -2.27. The van der Waals surface area contributed by atoms with Crippen molar-refractivity contribution in [3.63, 3.8) is 0 Å². The van der Waals surface area contributed by atoms with Gasteiger partial charge in [0.15, 0.2) is 0 Å².